The van der Waals surface area contributed by atoms with Gasteiger partial charge in [-0.15, -0.1) is 0 Å². The van der Waals surface area contributed by atoms with Gasteiger partial charge in [-0.05, 0) is 85.1 Å². The minimum absolute atomic E-state index is 0.473. The van der Waals surface area contributed by atoms with Crippen molar-refractivity contribution in [3.63, 3.8) is 0 Å². The molecule has 1 heterocycles. The van der Waals surface area contributed by atoms with Crippen LogP contribution in [0.3, 0.4) is 0 Å². The molecule has 1 aliphatic carbocycles. The summed E-state index contributed by atoms with van der Waals surface area (Å²) in [6.45, 7) is 8.39. The fraction of sp³-hybridized carbons (Fsp3) is 0.0714. The molecular weight excluding hydrogens is 532 g/mol. The monoisotopic (exact) mass is 560 g/mol. The average molecular weight is 561 g/mol. The molecule has 206 valence electrons. The number of hydrogen-bond donors (Lipinski definition) is 0. The van der Waals surface area contributed by atoms with Gasteiger partial charge < -0.3 is 4.90 Å². The van der Waals surface area contributed by atoms with Crippen molar-refractivity contribution in [2.75, 3.05) is 11.4 Å². The molecule has 7 aromatic carbocycles. The van der Waals surface area contributed by atoms with E-state index in [4.69, 9.17) is 6.57 Å². The number of fused-ring (bicyclic) bond motifs is 8. The van der Waals surface area contributed by atoms with Crippen molar-refractivity contribution in [1.29, 1.82) is 0 Å². The third-order valence-electron chi connectivity index (χ3n) is 9.82. The summed E-state index contributed by atoms with van der Waals surface area (Å²) in [5, 5.41) is 5.13. The van der Waals surface area contributed by atoms with Crippen LogP contribution in [0.2, 0.25) is 0 Å². The van der Waals surface area contributed by atoms with Crippen LogP contribution in [0.4, 0.5) is 17.1 Å². The summed E-state index contributed by atoms with van der Waals surface area (Å²) in [6, 6.07) is 53.3. The first-order chi connectivity index (χ1) is 21.8. The van der Waals surface area contributed by atoms with Crippen molar-refractivity contribution in [2.24, 2.45) is 0 Å². The minimum Gasteiger partial charge on any atom is -0.341 e. The van der Waals surface area contributed by atoms with Gasteiger partial charge in [0.15, 0.2) is 5.69 Å². The molecule has 0 saturated heterocycles. The number of hydrogen-bond acceptors (Lipinski definition) is 1. The van der Waals surface area contributed by atoms with Crippen molar-refractivity contribution in [3.8, 4) is 11.1 Å². The van der Waals surface area contributed by atoms with Crippen LogP contribution in [0, 0.1) is 6.57 Å². The molecule has 0 bridgehead atoms. The van der Waals surface area contributed by atoms with E-state index in [9.17, 15) is 0 Å². The van der Waals surface area contributed by atoms with Crippen LogP contribution in [0.5, 0.6) is 0 Å². The van der Waals surface area contributed by atoms with Crippen molar-refractivity contribution >= 4 is 38.6 Å². The molecule has 2 nitrogen and oxygen atoms in total. The van der Waals surface area contributed by atoms with Crippen LogP contribution in [-0.2, 0) is 11.8 Å². The van der Waals surface area contributed by atoms with Crippen LogP contribution in [0.15, 0.2) is 146 Å². The van der Waals surface area contributed by atoms with Crippen molar-refractivity contribution in [2.45, 2.75) is 11.8 Å². The standard InChI is InChI=1S/C42H28N2/c1-43-32-17-23-40-29(26-32)24-25-44(40)33-18-20-37-39(27-33)42(30-11-4-2-5-12-30,31-13-6-3-7-14-31)38-22-21-35-34-15-9-8-10-28(34)16-19-36(35)41(37)38/h2-23,26-27H,24-25H2. The van der Waals surface area contributed by atoms with E-state index < -0.39 is 5.41 Å². The van der Waals surface area contributed by atoms with Crippen molar-refractivity contribution in [1.82, 2.24) is 0 Å². The first kappa shape index (κ1) is 24.9. The Labute approximate surface area is 257 Å². The summed E-state index contributed by atoms with van der Waals surface area (Å²) in [7, 11) is 0. The molecule has 9 rings (SSSR count). The van der Waals surface area contributed by atoms with Crippen molar-refractivity contribution < 1.29 is 0 Å². The van der Waals surface area contributed by atoms with Crippen LogP contribution in [0.25, 0.3) is 37.5 Å². The van der Waals surface area contributed by atoms with Crippen LogP contribution in [0.1, 0.15) is 27.8 Å². The van der Waals surface area contributed by atoms with E-state index in [1.807, 2.05) is 6.07 Å². The van der Waals surface area contributed by atoms with E-state index in [0.29, 0.717) is 5.69 Å². The Hall–Kier alpha value is -5.65. The van der Waals surface area contributed by atoms with Gasteiger partial charge in [0.1, 0.15) is 0 Å². The number of anilines is 2. The van der Waals surface area contributed by atoms with Gasteiger partial charge in [-0.1, -0.05) is 127 Å². The second-order valence-electron chi connectivity index (χ2n) is 11.9. The highest BCUT2D eigenvalue weighted by atomic mass is 15.2. The zero-order valence-corrected chi connectivity index (χ0v) is 24.2. The molecule has 7 aromatic rings. The Morgan fingerprint density at radius 2 is 1.32 bits per heavy atom. The number of rotatable bonds is 3. The lowest BCUT2D eigenvalue weighted by atomic mass is 9.67. The van der Waals surface area contributed by atoms with Gasteiger partial charge in [0.25, 0.3) is 0 Å². The molecule has 2 aliphatic rings. The second kappa shape index (κ2) is 9.43. The van der Waals surface area contributed by atoms with Gasteiger partial charge >= 0.3 is 0 Å². The number of nitrogens with zero attached hydrogens (tertiary/aromatic N) is 2. The third-order valence-corrected chi connectivity index (χ3v) is 9.82. The summed E-state index contributed by atoms with van der Waals surface area (Å²) >= 11 is 0. The van der Waals surface area contributed by atoms with Gasteiger partial charge in [0.05, 0.1) is 12.0 Å². The highest BCUT2D eigenvalue weighted by molar-refractivity contribution is 6.14. The molecule has 0 amide bonds. The van der Waals surface area contributed by atoms with Crippen LogP contribution < -0.4 is 4.90 Å². The largest absolute Gasteiger partial charge is 0.341 e. The Morgan fingerprint density at radius 1 is 0.591 bits per heavy atom. The molecule has 0 aromatic heterocycles. The van der Waals surface area contributed by atoms with Crippen LogP contribution >= 0.6 is 0 Å². The van der Waals surface area contributed by atoms with E-state index in [1.54, 1.807) is 0 Å². The molecule has 0 N–H and O–H groups in total. The predicted molar refractivity (Wildman–Crippen MR) is 182 cm³/mol. The zero-order valence-electron chi connectivity index (χ0n) is 24.2. The predicted octanol–water partition coefficient (Wildman–Crippen LogP) is 10.6. The highest BCUT2D eigenvalue weighted by Gasteiger charge is 2.47. The summed E-state index contributed by atoms with van der Waals surface area (Å²) < 4.78 is 0. The fourth-order valence-electron chi connectivity index (χ4n) is 7.96. The SMILES string of the molecule is [C-]#[N+]c1ccc2c(c1)CCN2c1ccc2c(c1)C(c1ccccc1)(c1ccccc1)c1ccc3c(ccc4ccccc43)c1-2. The van der Waals surface area contributed by atoms with Gasteiger partial charge in [0.2, 0.25) is 0 Å². The highest BCUT2D eigenvalue weighted by Crippen LogP contribution is 2.59. The van der Waals surface area contributed by atoms with Crippen molar-refractivity contribution in [3.05, 3.63) is 185 Å². The Morgan fingerprint density at radius 3 is 2.09 bits per heavy atom. The molecular formula is C42H28N2. The Kier molecular flexibility index (Phi) is 5.34. The molecule has 0 radical (unpaired) electrons. The third kappa shape index (κ3) is 3.36. The van der Waals surface area contributed by atoms with Gasteiger partial charge in [0, 0.05) is 17.9 Å². The maximum absolute atomic E-state index is 7.49. The molecule has 0 fully saturated rings. The zero-order chi connectivity index (χ0) is 29.3. The lowest BCUT2D eigenvalue weighted by molar-refractivity contribution is 0.768. The summed E-state index contributed by atoms with van der Waals surface area (Å²) in [4.78, 5) is 6.11. The molecule has 1 aliphatic heterocycles. The maximum Gasteiger partial charge on any atom is 0.187 e. The molecule has 0 saturated carbocycles. The molecule has 0 atom stereocenters. The molecule has 0 unspecified atom stereocenters. The molecule has 2 heteroatoms. The topological polar surface area (TPSA) is 7.60 Å². The van der Waals surface area contributed by atoms with Gasteiger partial charge in [-0.2, -0.15) is 0 Å². The van der Waals surface area contributed by atoms with Crippen LogP contribution in [-0.4, -0.2) is 6.54 Å². The fourth-order valence-corrected chi connectivity index (χ4v) is 7.96. The summed E-state index contributed by atoms with van der Waals surface area (Å²) in [6.07, 6.45) is 0.941. The van der Waals surface area contributed by atoms with Gasteiger partial charge in [-0.3, -0.25) is 0 Å². The lowest BCUT2D eigenvalue weighted by Gasteiger charge is -2.34. The molecule has 0 spiro atoms. The average Bonchev–Trinajstić information content (AvgIpc) is 3.65. The normalized spacial score (nSPS) is 14.3. The Bertz CT molecular complexity index is 2250. The first-order valence-corrected chi connectivity index (χ1v) is 15.3. The van der Waals surface area contributed by atoms with Gasteiger partial charge in [-0.25, -0.2) is 4.85 Å². The second-order valence-corrected chi connectivity index (χ2v) is 11.9. The van der Waals surface area contributed by atoms with E-state index in [1.165, 1.54) is 71.9 Å². The van der Waals surface area contributed by atoms with E-state index >= 15 is 0 Å². The Balaban J connectivity index is 1.38. The van der Waals surface area contributed by atoms with E-state index in [0.717, 1.165) is 13.0 Å². The first-order valence-electron chi connectivity index (χ1n) is 15.3. The van der Waals surface area contributed by atoms with E-state index in [2.05, 4.69) is 149 Å². The number of benzene rings is 7. The summed E-state index contributed by atoms with van der Waals surface area (Å²) in [5.74, 6) is 0. The van der Waals surface area contributed by atoms with E-state index in [-0.39, 0.29) is 0 Å². The quantitative estimate of drug-likeness (QED) is 0.154. The molecule has 44 heavy (non-hydrogen) atoms. The lowest BCUT2D eigenvalue weighted by Crippen LogP contribution is -2.28. The smallest absolute Gasteiger partial charge is 0.187 e. The minimum atomic E-state index is -0.473. The maximum atomic E-state index is 7.49. The summed E-state index contributed by atoms with van der Waals surface area (Å²) in [5.41, 5.74) is 11.7.